The van der Waals surface area contributed by atoms with Gasteiger partial charge in [-0.3, -0.25) is 0 Å². The highest BCUT2D eigenvalue weighted by Crippen LogP contribution is 2.34. The second kappa shape index (κ2) is 7.49. The Hall–Kier alpha value is -0.0800. The maximum atomic E-state index is 3.55. The first-order valence-corrected chi connectivity index (χ1v) is 7.79. The van der Waals surface area contributed by atoms with Crippen LogP contribution < -0.4 is 5.32 Å². The van der Waals surface area contributed by atoms with Gasteiger partial charge in [0.25, 0.3) is 0 Å². The Kier molecular flexibility index (Phi) is 6.65. The molecule has 1 rings (SSSR count). The second-order valence-corrected chi connectivity index (χ2v) is 7.09. The molecule has 108 valence electrons. The lowest BCUT2D eigenvalue weighted by molar-refractivity contribution is 0.131. The summed E-state index contributed by atoms with van der Waals surface area (Å²) < 4.78 is 0. The summed E-state index contributed by atoms with van der Waals surface area (Å²) in [4.78, 5) is 2.53. The van der Waals surface area contributed by atoms with Gasteiger partial charge in [0.2, 0.25) is 0 Å². The summed E-state index contributed by atoms with van der Waals surface area (Å²) in [5.41, 5.74) is 0. The molecule has 0 radical (unpaired) electrons. The quantitative estimate of drug-likeness (QED) is 0.783. The summed E-state index contributed by atoms with van der Waals surface area (Å²) in [5, 5.41) is 3.55. The van der Waals surface area contributed by atoms with Crippen LogP contribution in [0.25, 0.3) is 0 Å². The highest BCUT2D eigenvalue weighted by molar-refractivity contribution is 4.86. The largest absolute Gasteiger partial charge is 0.317 e. The van der Waals surface area contributed by atoms with Crippen LogP contribution in [0.3, 0.4) is 0 Å². The molecule has 18 heavy (non-hydrogen) atoms. The Morgan fingerprint density at radius 1 is 1.17 bits per heavy atom. The molecule has 2 heteroatoms. The Morgan fingerprint density at radius 2 is 1.83 bits per heavy atom. The number of nitrogens with zero attached hydrogens (tertiary/aromatic N) is 1. The minimum atomic E-state index is 0.731. The van der Waals surface area contributed by atoms with E-state index in [1.54, 1.807) is 0 Å². The summed E-state index contributed by atoms with van der Waals surface area (Å²) in [6.45, 7) is 11.9. The summed E-state index contributed by atoms with van der Waals surface area (Å²) in [6.07, 6.45) is 4.18. The second-order valence-electron chi connectivity index (χ2n) is 7.09. The third kappa shape index (κ3) is 4.89. The van der Waals surface area contributed by atoms with Gasteiger partial charge >= 0.3 is 0 Å². The molecule has 0 aromatic rings. The van der Waals surface area contributed by atoms with E-state index in [0.717, 1.165) is 29.7 Å². The van der Waals surface area contributed by atoms with Gasteiger partial charge in [-0.25, -0.2) is 0 Å². The van der Waals surface area contributed by atoms with E-state index in [1.807, 2.05) is 0 Å². The summed E-state index contributed by atoms with van der Waals surface area (Å²) in [5.74, 6) is 3.39. The predicted molar refractivity (Wildman–Crippen MR) is 80.9 cm³/mol. The molecule has 1 N–H and O–H groups in total. The van der Waals surface area contributed by atoms with Crippen molar-refractivity contribution in [2.45, 2.75) is 53.0 Å². The van der Waals surface area contributed by atoms with Crippen molar-refractivity contribution in [3.63, 3.8) is 0 Å². The number of rotatable bonds is 6. The average molecular weight is 254 g/mol. The average Bonchev–Trinajstić information content (AvgIpc) is 2.27. The Bertz CT molecular complexity index is 225. The van der Waals surface area contributed by atoms with E-state index in [9.17, 15) is 0 Å². The van der Waals surface area contributed by atoms with Gasteiger partial charge in [0.1, 0.15) is 0 Å². The van der Waals surface area contributed by atoms with Crippen LogP contribution in [-0.2, 0) is 0 Å². The standard InChI is InChI=1S/C16H34N2/c1-12(2)10-18(6)11-15-9-14(13(3)4)7-8-16(15)17-5/h12-17H,7-11H2,1-6H3. The molecule has 0 amide bonds. The fourth-order valence-corrected chi connectivity index (χ4v) is 3.59. The summed E-state index contributed by atoms with van der Waals surface area (Å²) in [7, 11) is 4.42. The van der Waals surface area contributed by atoms with E-state index >= 15 is 0 Å². The van der Waals surface area contributed by atoms with Gasteiger partial charge in [0.05, 0.1) is 0 Å². The molecule has 1 aliphatic rings. The number of hydrogen-bond acceptors (Lipinski definition) is 2. The van der Waals surface area contributed by atoms with Crippen LogP contribution >= 0.6 is 0 Å². The predicted octanol–water partition coefficient (Wildman–Crippen LogP) is 3.23. The molecule has 1 aliphatic carbocycles. The van der Waals surface area contributed by atoms with Crippen molar-refractivity contribution in [2.24, 2.45) is 23.7 Å². The normalized spacial score (nSPS) is 29.5. The fraction of sp³-hybridized carbons (Fsp3) is 1.00. The smallest absolute Gasteiger partial charge is 0.0105 e. The number of hydrogen-bond donors (Lipinski definition) is 1. The molecule has 1 saturated carbocycles. The van der Waals surface area contributed by atoms with Gasteiger partial charge in [0, 0.05) is 19.1 Å². The maximum absolute atomic E-state index is 3.55. The minimum Gasteiger partial charge on any atom is -0.317 e. The van der Waals surface area contributed by atoms with Crippen molar-refractivity contribution in [1.29, 1.82) is 0 Å². The number of nitrogens with one attached hydrogen (secondary N) is 1. The van der Waals surface area contributed by atoms with E-state index in [1.165, 1.54) is 32.4 Å². The lowest BCUT2D eigenvalue weighted by Gasteiger charge is -2.39. The zero-order chi connectivity index (χ0) is 13.7. The molecule has 0 spiro atoms. The van der Waals surface area contributed by atoms with Gasteiger partial charge in [-0.2, -0.15) is 0 Å². The molecule has 3 atom stereocenters. The van der Waals surface area contributed by atoms with Crippen molar-refractivity contribution in [3.05, 3.63) is 0 Å². The van der Waals surface area contributed by atoms with Crippen molar-refractivity contribution >= 4 is 0 Å². The third-order valence-electron chi connectivity index (χ3n) is 4.56. The van der Waals surface area contributed by atoms with Crippen LogP contribution in [0.2, 0.25) is 0 Å². The van der Waals surface area contributed by atoms with Crippen LogP contribution in [0.5, 0.6) is 0 Å². The van der Waals surface area contributed by atoms with Gasteiger partial charge in [-0.15, -0.1) is 0 Å². The SMILES string of the molecule is CNC1CCC(C(C)C)CC1CN(C)CC(C)C. The molecule has 3 unspecified atom stereocenters. The van der Waals surface area contributed by atoms with Gasteiger partial charge in [0.15, 0.2) is 0 Å². The molecule has 0 saturated heterocycles. The zero-order valence-corrected chi connectivity index (χ0v) is 13.4. The first-order chi connectivity index (χ1) is 8.43. The maximum Gasteiger partial charge on any atom is 0.0105 e. The van der Waals surface area contributed by atoms with E-state index in [-0.39, 0.29) is 0 Å². The highest BCUT2D eigenvalue weighted by Gasteiger charge is 2.31. The molecule has 0 aromatic carbocycles. The van der Waals surface area contributed by atoms with Crippen LogP contribution in [0.15, 0.2) is 0 Å². The lowest BCUT2D eigenvalue weighted by atomic mass is 9.73. The lowest BCUT2D eigenvalue weighted by Crippen LogP contribution is -2.45. The Morgan fingerprint density at radius 3 is 2.33 bits per heavy atom. The van der Waals surface area contributed by atoms with E-state index in [4.69, 9.17) is 0 Å². The first kappa shape index (κ1) is 16.0. The van der Waals surface area contributed by atoms with Gasteiger partial charge in [-0.05, 0) is 57.0 Å². The molecule has 0 bridgehead atoms. The van der Waals surface area contributed by atoms with E-state index in [0.29, 0.717) is 0 Å². The van der Waals surface area contributed by atoms with Crippen LogP contribution in [0.1, 0.15) is 47.0 Å². The Labute approximate surface area is 115 Å². The fourth-order valence-electron chi connectivity index (χ4n) is 3.59. The first-order valence-electron chi connectivity index (χ1n) is 7.79. The van der Waals surface area contributed by atoms with Crippen molar-refractivity contribution in [2.75, 3.05) is 27.2 Å². The molecule has 2 nitrogen and oxygen atoms in total. The summed E-state index contributed by atoms with van der Waals surface area (Å²) in [6, 6.07) is 0.731. The van der Waals surface area contributed by atoms with E-state index in [2.05, 4.69) is 52.0 Å². The Balaban J connectivity index is 2.52. The zero-order valence-electron chi connectivity index (χ0n) is 13.4. The minimum absolute atomic E-state index is 0.731. The van der Waals surface area contributed by atoms with Crippen molar-refractivity contribution in [1.82, 2.24) is 10.2 Å². The monoisotopic (exact) mass is 254 g/mol. The van der Waals surface area contributed by atoms with Crippen LogP contribution in [0.4, 0.5) is 0 Å². The molecule has 1 fully saturated rings. The third-order valence-corrected chi connectivity index (χ3v) is 4.56. The van der Waals surface area contributed by atoms with Gasteiger partial charge < -0.3 is 10.2 Å². The summed E-state index contributed by atoms with van der Waals surface area (Å²) >= 11 is 0. The van der Waals surface area contributed by atoms with Crippen LogP contribution in [0, 0.1) is 23.7 Å². The topological polar surface area (TPSA) is 15.3 Å². The molecular weight excluding hydrogens is 220 g/mol. The molecule has 0 heterocycles. The van der Waals surface area contributed by atoms with Crippen molar-refractivity contribution < 1.29 is 0 Å². The van der Waals surface area contributed by atoms with Crippen molar-refractivity contribution in [3.8, 4) is 0 Å². The van der Waals surface area contributed by atoms with Crippen LogP contribution in [-0.4, -0.2) is 38.1 Å². The molecular formula is C16H34N2. The highest BCUT2D eigenvalue weighted by atomic mass is 15.1. The molecule has 0 aliphatic heterocycles. The van der Waals surface area contributed by atoms with E-state index < -0.39 is 0 Å². The van der Waals surface area contributed by atoms with Gasteiger partial charge in [-0.1, -0.05) is 27.7 Å². The molecule has 0 aromatic heterocycles.